The lowest BCUT2D eigenvalue weighted by atomic mass is 10.2. The Morgan fingerprint density at radius 1 is 0.923 bits per heavy atom. The zero-order valence-electron chi connectivity index (χ0n) is 6.01. The number of aldehydes is 1. The van der Waals surface area contributed by atoms with Crippen LogP contribution in [0, 0.1) is 10.7 Å². The van der Waals surface area contributed by atoms with Crippen molar-refractivity contribution in [3.8, 4) is 11.5 Å². The van der Waals surface area contributed by atoms with Gasteiger partial charge < -0.3 is 10.2 Å². The first-order valence-corrected chi connectivity index (χ1v) is 6.27. The smallest absolute Gasteiger partial charge is 0.173 e. The largest absolute Gasteiger partial charge is 0.503 e. The van der Waals surface area contributed by atoms with E-state index in [1.165, 1.54) is 0 Å². The van der Waals surface area contributed by atoms with Crippen LogP contribution in [0.5, 0.6) is 11.5 Å². The first-order valence-electron chi connectivity index (χ1n) is 3.04. The van der Waals surface area contributed by atoms with E-state index in [2.05, 4.69) is 0 Å². The molecule has 0 fully saturated rings. The molecule has 1 rings (SSSR count). The van der Waals surface area contributed by atoms with Crippen molar-refractivity contribution in [2.45, 2.75) is 0 Å². The van der Waals surface area contributed by atoms with Crippen LogP contribution in [0.4, 0.5) is 0 Å². The van der Waals surface area contributed by atoms with E-state index < -0.39 is 0 Å². The monoisotopic (exact) mass is 516 g/mol. The predicted octanol–water partition coefficient (Wildman–Crippen LogP) is 2.72. The minimum atomic E-state index is -0.229. The van der Waals surface area contributed by atoms with Crippen LogP contribution in [0.2, 0.25) is 0 Å². The molecule has 0 saturated carbocycles. The number of aromatic hydroxyl groups is 2. The molecule has 0 aliphatic rings. The standard InChI is InChI=1S/C7H3I3O3/c8-3-2(1-11)4(9)6(12)7(13)5(3)10/h1,12-13H. The van der Waals surface area contributed by atoms with E-state index in [9.17, 15) is 15.0 Å². The van der Waals surface area contributed by atoms with Crippen molar-refractivity contribution in [2.75, 3.05) is 0 Å². The third kappa shape index (κ3) is 2.03. The minimum Gasteiger partial charge on any atom is -0.503 e. The summed E-state index contributed by atoms with van der Waals surface area (Å²) < 4.78 is 1.54. The van der Waals surface area contributed by atoms with Crippen LogP contribution in [0.3, 0.4) is 0 Å². The Kier molecular flexibility index (Phi) is 4.04. The van der Waals surface area contributed by atoms with Gasteiger partial charge >= 0.3 is 0 Å². The van der Waals surface area contributed by atoms with Crippen molar-refractivity contribution >= 4 is 74.1 Å². The molecule has 0 aromatic heterocycles. The van der Waals surface area contributed by atoms with Gasteiger partial charge in [-0.15, -0.1) is 0 Å². The number of hydrogen-bond donors (Lipinski definition) is 2. The van der Waals surface area contributed by atoms with Crippen LogP contribution < -0.4 is 0 Å². The molecule has 3 nitrogen and oxygen atoms in total. The summed E-state index contributed by atoms with van der Waals surface area (Å²) in [5.74, 6) is -0.396. The molecule has 0 saturated heterocycles. The molecule has 1 aromatic rings. The number of rotatable bonds is 1. The maximum Gasteiger partial charge on any atom is 0.173 e. The summed E-state index contributed by atoms with van der Waals surface area (Å²) in [7, 11) is 0. The van der Waals surface area contributed by atoms with E-state index in [4.69, 9.17) is 0 Å². The summed E-state index contributed by atoms with van der Waals surface area (Å²) in [4.78, 5) is 10.7. The SMILES string of the molecule is O=Cc1c(I)c(O)c(O)c(I)c1I. The van der Waals surface area contributed by atoms with Crippen molar-refractivity contribution in [1.29, 1.82) is 0 Å². The van der Waals surface area contributed by atoms with Crippen LogP contribution in [-0.4, -0.2) is 16.5 Å². The fraction of sp³-hybridized carbons (Fsp3) is 0. The van der Waals surface area contributed by atoms with Gasteiger partial charge in [-0.3, -0.25) is 4.79 Å². The maximum atomic E-state index is 10.7. The molecule has 0 heterocycles. The van der Waals surface area contributed by atoms with Crippen LogP contribution in [0.25, 0.3) is 0 Å². The lowest BCUT2D eigenvalue weighted by molar-refractivity contribution is 0.112. The lowest BCUT2D eigenvalue weighted by Gasteiger charge is -2.08. The van der Waals surface area contributed by atoms with Crippen LogP contribution in [0.15, 0.2) is 0 Å². The van der Waals surface area contributed by atoms with Gasteiger partial charge in [-0.1, -0.05) is 0 Å². The van der Waals surface area contributed by atoms with E-state index in [-0.39, 0.29) is 11.5 Å². The predicted molar refractivity (Wildman–Crippen MR) is 73.3 cm³/mol. The molecule has 0 spiro atoms. The van der Waals surface area contributed by atoms with E-state index in [0.717, 1.165) is 0 Å². The van der Waals surface area contributed by atoms with Crippen molar-refractivity contribution in [2.24, 2.45) is 0 Å². The third-order valence-electron chi connectivity index (χ3n) is 1.42. The van der Waals surface area contributed by atoms with E-state index in [1.54, 1.807) is 0 Å². The molecule has 2 N–H and O–H groups in total. The molecule has 0 aliphatic heterocycles. The summed E-state index contributed by atoms with van der Waals surface area (Å²) in [6, 6.07) is 0. The molecule has 0 amide bonds. The summed E-state index contributed by atoms with van der Waals surface area (Å²) in [6.45, 7) is 0. The number of carbonyl (C=O) groups excluding carboxylic acids is 1. The van der Waals surface area contributed by atoms with Crippen LogP contribution in [-0.2, 0) is 0 Å². The number of phenolic OH excluding ortho intramolecular Hbond substituents is 2. The second-order valence-electron chi connectivity index (χ2n) is 2.17. The molecule has 70 valence electrons. The highest BCUT2D eigenvalue weighted by Crippen LogP contribution is 2.39. The molecule has 0 radical (unpaired) electrons. The topological polar surface area (TPSA) is 57.5 Å². The molecular formula is C7H3I3O3. The van der Waals surface area contributed by atoms with Crippen LogP contribution >= 0.6 is 67.8 Å². The fourth-order valence-corrected chi connectivity index (χ4v) is 3.12. The lowest BCUT2D eigenvalue weighted by Crippen LogP contribution is -1.95. The first kappa shape index (κ1) is 11.8. The van der Waals surface area contributed by atoms with Gasteiger partial charge in [0.15, 0.2) is 17.8 Å². The Bertz CT molecular complexity index is 347. The highest BCUT2D eigenvalue weighted by atomic mass is 127. The van der Waals surface area contributed by atoms with Gasteiger partial charge in [0, 0.05) is 9.13 Å². The van der Waals surface area contributed by atoms with Gasteiger partial charge in [0.2, 0.25) is 0 Å². The Balaban J connectivity index is 3.66. The molecule has 0 bridgehead atoms. The number of phenols is 2. The highest BCUT2D eigenvalue weighted by molar-refractivity contribution is 14.1. The van der Waals surface area contributed by atoms with Gasteiger partial charge in [-0.2, -0.15) is 0 Å². The Hall–Kier alpha value is 0.680. The van der Waals surface area contributed by atoms with Crippen LogP contribution in [0.1, 0.15) is 10.4 Å². The molecule has 0 unspecified atom stereocenters. The van der Waals surface area contributed by atoms with E-state index in [1.807, 2.05) is 67.8 Å². The second kappa shape index (κ2) is 4.47. The molecule has 6 heteroatoms. The fourth-order valence-electron chi connectivity index (χ4n) is 0.757. The second-order valence-corrected chi connectivity index (χ2v) is 5.41. The van der Waals surface area contributed by atoms with Gasteiger partial charge in [0.05, 0.1) is 7.14 Å². The normalized spacial score (nSPS) is 10.1. The molecule has 13 heavy (non-hydrogen) atoms. The number of hydrogen-bond acceptors (Lipinski definition) is 3. The highest BCUT2D eigenvalue weighted by Gasteiger charge is 2.18. The summed E-state index contributed by atoms with van der Waals surface area (Å²) in [5, 5.41) is 18.8. The van der Waals surface area contributed by atoms with Gasteiger partial charge in [-0.25, -0.2) is 0 Å². The summed E-state index contributed by atoms with van der Waals surface area (Å²) in [5.41, 5.74) is 0.418. The molecule has 1 aromatic carbocycles. The Morgan fingerprint density at radius 2 is 1.38 bits per heavy atom. The zero-order valence-corrected chi connectivity index (χ0v) is 12.5. The average Bonchev–Trinajstić information content (AvgIpc) is 2.13. The quantitative estimate of drug-likeness (QED) is 0.262. The molecule has 0 atom stereocenters. The van der Waals surface area contributed by atoms with Crippen molar-refractivity contribution in [3.05, 3.63) is 16.3 Å². The Labute approximate surface area is 115 Å². The number of halogens is 3. The van der Waals surface area contributed by atoms with E-state index in [0.29, 0.717) is 22.6 Å². The van der Waals surface area contributed by atoms with E-state index >= 15 is 0 Å². The molecule has 0 aliphatic carbocycles. The van der Waals surface area contributed by atoms with Gasteiger partial charge in [0.1, 0.15) is 0 Å². The molecular weight excluding hydrogens is 513 g/mol. The average molecular weight is 516 g/mol. The number of carbonyl (C=O) groups is 1. The van der Waals surface area contributed by atoms with Crippen molar-refractivity contribution in [3.63, 3.8) is 0 Å². The van der Waals surface area contributed by atoms with Gasteiger partial charge in [-0.05, 0) is 67.8 Å². The summed E-state index contributed by atoms with van der Waals surface area (Å²) in [6.07, 6.45) is 0.671. The minimum absolute atomic E-state index is 0.167. The summed E-state index contributed by atoms with van der Waals surface area (Å²) >= 11 is 5.66. The number of benzene rings is 1. The van der Waals surface area contributed by atoms with Crippen molar-refractivity contribution in [1.82, 2.24) is 0 Å². The van der Waals surface area contributed by atoms with Gasteiger partial charge in [0.25, 0.3) is 0 Å². The van der Waals surface area contributed by atoms with Crippen molar-refractivity contribution < 1.29 is 15.0 Å². The maximum absolute atomic E-state index is 10.7. The zero-order chi connectivity index (χ0) is 10.2. The first-order chi connectivity index (χ1) is 6.00. The third-order valence-corrected chi connectivity index (χ3v) is 5.72. The Morgan fingerprint density at radius 3 is 1.85 bits per heavy atom.